The maximum atomic E-state index is 5.93. The van der Waals surface area contributed by atoms with Crippen LogP contribution < -0.4 is 0 Å². The van der Waals surface area contributed by atoms with Gasteiger partial charge in [0.1, 0.15) is 11.3 Å². The molecule has 2 aromatic rings. The molecule has 27 heavy (non-hydrogen) atoms. The Labute approximate surface area is 160 Å². The van der Waals surface area contributed by atoms with Gasteiger partial charge < -0.3 is 9.26 Å². The standard InChI is InChI=1S/C21H28N4O2/c1-26-21(20-23-19(24-27-20)18-11-7-8-14-22-18)12-15-25(16-13-21)17-9-5-3-2-4-6-10-17/h5,7-9,11,14,17H,2-4,6,10,12-13,15-16H2,1H3. The summed E-state index contributed by atoms with van der Waals surface area (Å²) in [6.45, 7) is 1.95. The number of pyridine rings is 1. The number of methoxy groups -OCH3 is 1. The zero-order valence-electron chi connectivity index (χ0n) is 16.0. The molecular weight excluding hydrogens is 340 g/mol. The molecule has 0 aromatic carbocycles. The normalized spacial score (nSPS) is 23.7. The first-order valence-corrected chi connectivity index (χ1v) is 10.0. The fourth-order valence-corrected chi connectivity index (χ4v) is 4.18. The maximum Gasteiger partial charge on any atom is 0.259 e. The molecule has 6 nitrogen and oxygen atoms in total. The number of allylic oxidation sites excluding steroid dienone is 1. The van der Waals surface area contributed by atoms with Gasteiger partial charge in [-0.1, -0.05) is 36.2 Å². The van der Waals surface area contributed by atoms with E-state index in [0.717, 1.165) is 31.6 Å². The van der Waals surface area contributed by atoms with Crippen molar-refractivity contribution in [2.24, 2.45) is 0 Å². The van der Waals surface area contributed by atoms with Crippen LogP contribution in [0.4, 0.5) is 0 Å². The molecule has 1 fully saturated rings. The fourth-order valence-electron chi connectivity index (χ4n) is 4.18. The van der Waals surface area contributed by atoms with Crippen LogP contribution in [0, 0.1) is 0 Å². The van der Waals surface area contributed by atoms with E-state index in [1.165, 1.54) is 32.1 Å². The van der Waals surface area contributed by atoms with Gasteiger partial charge in [0.25, 0.3) is 5.89 Å². The van der Waals surface area contributed by atoms with Crippen LogP contribution in [0.1, 0.15) is 50.8 Å². The summed E-state index contributed by atoms with van der Waals surface area (Å²) in [5.41, 5.74) is 0.220. The molecule has 3 heterocycles. The molecule has 0 radical (unpaired) electrons. The van der Waals surface area contributed by atoms with E-state index >= 15 is 0 Å². The Morgan fingerprint density at radius 2 is 2.07 bits per heavy atom. The van der Waals surface area contributed by atoms with E-state index in [0.29, 0.717) is 17.8 Å². The summed E-state index contributed by atoms with van der Waals surface area (Å²) in [4.78, 5) is 11.5. The van der Waals surface area contributed by atoms with Gasteiger partial charge in [0.15, 0.2) is 0 Å². The zero-order chi connectivity index (χ0) is 18.5. The lowest BCUT2D eigenvalue weighted by Crippen LogP contribution is -2.47. The number of piperidine rings is 1. The van der Waals surface area contributed by atoms with Crippen molar-refractivity contribution >= 4 is 0 Å². The number of ether oxygens (including phenoxy) is 1. The second kappa shape index (κ2) is 8.31. The molecule has 0 saturated carbocycles. The first kappa shape index (κ1) is 18.3. The molecule has 1 aliphatic heterocycles. The van der Waals surface area contributed by atoms with Crippen LogP contribution in [0.3, 0.4) is 0 Å². The minimum Gasteiger partial charge on any atom is -0.368 e. The van der Waals surface area contributed by atoms with Gasteiger partial charge in [-0.3, -0.25) is 9.88 Å². The Morgan fingerprint density at radius 1 is 1.19 bits per heavy atom. The molecule has 144 valence electrons. The van der Waals surface area contributed by atoms with E-state index in [1.807, 2.05) is 18.2 Å². The molecule has 1 saturated heterocycles. The maximum absolute atomic E-state index is 5.93. The van der Waals surface area contributed by atoms with Gasteiger partial charge in [-0.05, 0) is 44.2 Å². The van der Waals surface area contributed by atoms with Crippen LogP contribution in [-0.4, -0.2) is 46.3 Å². The van der Waals surface area contributed by atoms with Gasteiger partial charge in [0.2, 0.25) is 5.82 Å². The smallest absolute Gasteiger partial charge is 0.259 e. The predicted molar refractivity (Wildman–Crippen MR) is 103 cm³/mol. The topological polar surface area (TPSA) is 64.3 Å². The highest BCUT2D eigenvalue weighted by Crippen LogP contribution is 2.37. The van der Waals surface area contributed by atoms with Crippen LogP contribution in [0.5, 0.6) is 0 Å². The van der Waals surface area contributed by atoms with Gasteiger partial charge in [-0.15, -0.1) is 0 Å². The largest absolute Gasteiger partial charge is 0.368 e. The SMILES string of the molecule is COC1(c2nc(-c3ccccn3)no2)CCN(C2C=CCCCCC2)CC1. The minimum absolute atomic E-state index is 0.498. The average molecular weight is 368 g/mol. The highest BCUT2D eigenvalue weighted by atomic mass is 16.5. The predicted octanol–water partition coefficient (Wildman–Crippen LogP) is 3.96. The molecule has 2 aliphatic rings. The van der Waals surface area contributed by atoms with E-state index in [-0.39, 0.29) is 0 Å². The molecule has 6 heteroatoms. The van der Waals surface area contributed by atoms with Crippen molar-refractivity contribution in [1.82, 2.24) is 20.0 Å². The molecule has 0 spiro atoms. The average Bonchev–Trinajstić information content (AvgIpc) is 3.20. The van der Waals surface area contributed by atoms with Crippen LogP contribution in [0.15, 0.2) is 41.1 Å². The third-order valence-corrected chi connectivity index (χ3v) is 5.90. The van der Waals surface area contributed by atoms with Gasteiger partial charge in [0.05, 0.1) is 0 Å². The first-order chi connectivity index (χ1) is 13.3. The van der Waals surface area contributed by atoms with Crippen LogP contribution in [0.2, 0.25) is 0 Å². The summed E-state index contributed by atoms with van der Waals surface area (Å²) in [5.74, 6) is 1.09. The molecule has 0 bridgehead atoms. The molecule has 0 N–H and O–H groups in total. The van der Waals surface area contributed by atoms with Crippen LogP contribution in [0.25, 0.3) is 11.5 Å². The summed E-state index contributed by atoms with van der Waals surface area (Å²) in [7, 11) is 1.75. The van der Waals surface area contributed by atoms with Crippen LogP contribution >= 0.6 is 0 Å². The Hall–Kier alpha value is -2.05. The lowest BCUT2D eigenvalue weighted by atomic mass is 9.89. The summed E-state index contributed by atoms with van der Waals surface area (Å²) < 4.78 is 11.5. The Kier molecular flexibility index (Phi) is 5.64. The molecule has 1 aliphatic carbocycles. The lowest BCUT2D eigenvalue weighted by molar-refractivity contribution is -0.0864. The first-order valence-electron chi connectivity index (χ1n) is 10.0. The quantitative estimate of drug-likeness (QED) is 0.761. The van der Waals surface area contributed by atoms with Crippen molar-refractivity contribution in [1.29, 1.82) is 0 Å². The van der Waals surface area contributed by atoms with Crippen molar-refractivity contribution in [3.63, 3.8) is 0 Å². The Bertz CT molecular complexity index is 751. The zero-order valence-corrected chi connectivity index (χ0v) is 16.0. The van der Waals surface area contributed by atoms with Crippen molar-refractivity contribution in [2.45, 2.75) is 56.6 Å². The van der Waals surface area contributed by atoms with Gasteiger partial charge in [-0.25, -0.2) is 0 Å². The van der Waals surface area contributed by atoms with E-state index in [1.54, 1.807) is 13.3 Å². The summed E-state index contributed by atoms with van der Waals surface area (Å²) in [6, 6.07) is 6.23. The Balaban J connectivity index is 1.47. The number of hydrogen-bond donors (Lipinski definition) is 0. The van der Waals surface area contributed by atoms with Crippen molar-refractivity contribution in [3.8, 4) is 11.5 Å². The molecule has 0 amide bonds. The van der Waals surface area contributed by atoms with Gasteiger partial charge >= 0.3 is 0 Å². The molecular formula is C21H28N4O2. The number of likely N-dealkylation sites (tertiary alicyclic amines) is 1. The lowest BCUT2D eigenvalue weighted by Gasteiger charge is -2.41. The summed E-state index contributed by atoms with van der Waals surface area (Å²) >= 11 is 0. The third kappa shape index (κ3) is 3.96. The number of hydrogen-bond acceptors (Lipinski definition) is 6. The van der Waals surface area contributed by atoms with E-state index in [9.17, 15) is 0 Å². The number of aromatic nitrogens is 3. The molecule has 4 rings (SSSR count). The Morgan fingerprint density at radius 3 is 2.85 bits per heavy atom. The van der Waals surface area contributed by atoms with Crippen LogP contribution in [-0.2, 0) is 10.3 Å². The van der Waals surface area contributed by atoms with E-state index in [4.69, 9.17) is 9.26 Å². The van der Waals surface area contributed by atoms with Crippen molar-refractivity contribution in [3.05, 3.63) is 42.4 Å². The second-order valence-electron chi connectivity index (χ2n) is 7.51. The van der Waals surface area contributed by atoms with E-state index < -0.39 is 5.60 Å². The highest BCUT2D eigenvalue weighted by Gasteiger charge is 2.42. The minimum atomic E-state index is -0.498. The number of nitrogens with zero attached hydrogens (tertiary/aromatic N) is 4. The number of rotatable bonds is 4. The third-order valence-electron chi connectivity index (χ3n) is 5.90. The monoisotopic (exact) mass is 368 g/mol. The fraction of sp³-hybridized carbons (Fsp3) is 0.571. The molecule has 2 aromatic heterocycles. The highest BCUT2D eigenvalue weighted by molar-refractivity contribution is 5.47. The van der Waals surface area contributed by atoms with Gasteiger partial charge in [-0.2, -0.15) is 4.98 Å². The van der Waals surface area contributed by atoms with Gasteiger partial charge in [0, 0.05) is 32.4 Å². The van der Waals surface area contributed by atoms with E-state index in [2.05, 4.69) is 32.2 Å². The molecule has 1 atom stereocenters. The summed E-state index contributed by atoms with van der Waals surface area (Å²) in [5, 5.41) is 4.13. The van der Waals surface area contributed by atoms with Crippen molar-refractivity contribution in [2.75, 3.05) is 20.2 Å². The second-order valence-corrected chi connectivity index (χ2v) is 7.51. The van der Waals surface area contributed by atoms with Crippen molar-refractivity contribution < 1.29 is 9.26 Å². The summed E-state index contributed by atoms with van der Waals surface area (Å²) in [6.07, 6.45) is 14.7. The molecule has 1 unspecified atom stereocenters.